The number of thiazole rings is 1. The van der Waals surface area contributed by atoms with Crippen molar-refractivity contribution in [1.82, 2.24) is 19.5 Å². The molecule has 0 saturated carbocycles. The Morgan fingerprint density at radius 2 is 2.16 bits per heavy atom. The Morgan fingerprint density at radius 3 is 2.84 bits per heavy atom. The van der Waals surface area contributed by atoms with Crippen LogP contribution in [0, 0.1) is 0 Å². The number of amides is 1. The van der Waals surface area contributed by atoms with Gasteiger partial charge in [-0.25, -0.2) is 15.0 Å². The molecule has 0 atom stereocenters. The molecule has 0 fully saturated rings. The van der Waals surface area contributed by atoms with Crippen molar-refractivity contribution in [2.45, 2.75) is 32.7 Å². The summed E-state index contributed by atoms with van der Waals surface area (Å²) < 4.78 is 7.40. The predicted molar refractivity (Wildman–Crippen MR) is 97.1 cm³/mol. The molecule has 130 valence electrons. The number of hydrogen-bond donors (Lipinski definition) is 1. The second-order valence-corrected chi connectivity index (χ2v) is 7.56. The maximum absolute atomic E-state index is 11.9. The standard InChI is InChI=1S/C17H19N5O2S/c1-17(2,3)13-9-19-15(24-13)5-4-12-8-20-16(25-12)21-14(23)10-22-7-6-18-11-22/h4-9,11H,10H2,1-3H3,(H,20,21,23)/b5-4+. The Balaban J connectivity index is 1.59. The highest BCUT2D eigenvalue weighted by Gasteiger charge is 2.18. The molecular formula is C17H19N5O2S. The number of carbonyl (C=O) groups excluding carboxylic acids is 1. The number of nitrogens with one attached hydrogen (secondary N) is 1. The number of hydrogen-bond acceptors (Lipinski definition) is 6. The summed E-state index contributed by atoms with van der Waals surface area (Å²) in [5.74, 6) is 1.23. The lowest BCUT2D eigenvalue weighted by atomic mass is 9.94. The molecule has 3 aromatic rings. The van der Waals surface area contributed by atoms with Crippen molar-refractivity contribution < 1.29 is 9.21 Å². The summed E-state index contributed by atoms with van der Waals surface area (Å²) in [6.07, 6.45) is 12.1. The molecule has 0 aromatic carbocycles. The first-order chi connectivity index (χ1) is 11.9. The fourth-order valence-electron chi connectivity index (χ4n) is 1.99. The van der Waals surface area contributed by atoms with Crippen molar-refractivity contribution in [3.8, 4) is 0 Å². The summed E-state index contributed by atoms with van der Waals surface area (Å²) in [6, 6.07) is 0. The number of rotatable bonds is 5. The predicted octanol–water partition coefficient (Wildman–Crippen LogP) is 3.43. The maximum Gasteiger partial charge on any atom is 0.246 e. The summed E-state index contributed by atoms with van der Waals surface area (Å²) in [5, 5.41) is 3.32. The average Bonchev–Trinajstić information content (AvgIpc) is 3.25. The molecule has 0 saturated heterocycles. The van der Waals surface area contributed by atoms with E-state index in [4.69, 9.17) is 4.42 Å². The lowest BCUT2D eigenvalue weighted by Gasteiger charge is -2.12. The van der Waals surface area contributed by atoms with Gasteiger partial charge < -0.3 is 14.3 Å². The van der Waals surface area contributed by atoms with Gasteiger partial charge in [0.15, 0.2) is 5.13 Å². The van der Waals surface area contributed by atoms with E-state index < -0.39 is 0 Å². The number of nitrogens with zero attached hydrogens (tertiary/aromatic N) is 4. The van der Waals surface area contributed by atoms with E-state index in [1.807, 2.05) is 6.08 Å². The van der Waals surface area contributed by atoms with Gasteiger partial charge in [0.1, 0.15) is 12.3 Å². The van der Waals surface area contributed by atoms with E-state index in [9.17, 15) is 4.79 Å². The van der Waals surface area contributed by atoms with E-state index >= 15 is 0 Å². The third kappa shape index (κ3) is 4.63. The molecule has 3 heterocycles. The number of imidazole rings is 1. The van der Waals surface area contributed by atoms with Crippen LogP contribution in [0.15, 0.2) is 35.5 Å². The Bertz CT molecular complexity index is 871. The molecule has 1 amide bonds. The molecule has 1 N–H and O–H groups in total. The lowest BCUT2D eigenvalue weighted by molar-refractivity contribution is -0.116. The SMILES string of the molecule is CC(C)(C)c1cnc(/C=C/c2cnc(NC(=O)Cn3ccnc3)s2)o1. The normalized spacial score (nSPS) is 12.0. The molecule has 0 bridgehead atoms. The van der Waals surface area contributed by atoms with Gasteiger partial charge >= 0.3 is 0 Å². The van der Waals surface area contributed by atoms with Crippen LogP contribution in [0.5, 0.6) is 0 Å². The van der Waals surface area contributed by atoms with Gasteiger partial charge in [-0.05, 0) is 6.08 Å². The lowest BCUT2D eigenvalue weighted by Crippen LogP contribution is -2.17. The number of oxazole rings is 1. The molecule has 0 unspecified atom stereocenters. The van der Waals surface area contributed by atoms with Crippen molar-refractivity contribution in [2.24, 2.45) is 0 Å². The molecule has 0 aliphatic heterocycles. The highest BCUT2D eigenvalue weighted by atomic mass is 32.1. The molecule has 25 heavy (non-hydrogen) atoms. The monoisotopic (exact) mass is 357 g/mol. The first-order valence-electron chi connectivity index (χ1n) is 7.76. The van der Waals surface area contributed by atoms with Gasteiger partial charge in [0, 0.05) is 35.0 Å². The Labute approximate surface area is 149 Å². The smallest absolute Gasteiger partial charge is 0.246 e. The Hall–Kier alpha value is -2.74. The van der Waals surface area contributed by atoms with Crippen LogP contribution in [0.1, 0.15) is 37.3 Å². The summed E-state index contributed by atoms with van der Waals surface area (Å²) in [6.45, 7) is 6.42. The van der Waals surface area contributed by atoms with Crippen LogP contribution in [0.3, 0.4) is 0 Å². The van der Waals surface area contributed by atoms with Gasteiger partial charge in [0.05, 0.1) is 12.5 Å². The van der Waals surface area contributed by atoms with Crippen LogP contribution in [-0.4, -0.2) is 25.4 Å². The summed E-state index contributed by atoms with van der Waals surface area (Å²) in [4.78, 5) is 25.2. The molecule has 0 spiro atoms. The van der Waals surface area contributed by atoms with Crippen LogP contribution >= 0.6 is 11.3 Å². The third-order valence-corrected chi connectivity index (χ3v) is 4.19. The minimum Gasteiger partial charge on any atom is -0.441 e. The van der Waals surface area contributed by atoms with Crippen LogP contribution < -0.4 is 5.32 Å². The summed E-state index contributed by atoms with van der Waals surface area (Å²) in [5.41, 5.74) is -0.0731. The van der Waals surface area contributed by atoms with E-state index in [1.165, 1.54) is 11.3 Å². The van der Waals surface area contributed by atoms with E-state index in [0.717, 1.165) is 10.6 Å². The number of carbonyl (C=O) groups is 1. The van der Waals surface area contributed by atoms with Gasteiger partial charge in [-0.15, -0.1) is 0 Å². The van der Waals surface area contributed by atoms with Crippen LogP contribution in [0.4, 0.5) is 5.13 Å². The van der Waals surface area contributed by atoms with Gasteiger partial charge in [-0.3, -0.25) is 4.79 Å². The third-order valence-electron chi connectivity index (χ3n) is 3.31. The van der Waals surface area contributed by atoms with Gasteiger partial charge in [0.2, 0.25) is 11.8 Å². The van der Waals surface area contributed by atoms with Gasteiger partial charge in [0.25, 0.3) is 0 Å². The zero-order valence-corrected chi connectivity index (χ0v) is 15.1. The quantitative estimate of drug-likeness (QED) is 0.756. The topological polar surface area (TPSA) is 85.8 Å². The first-order valence-corrected chi connectivity index (χ1v) is 8.57. The number of aromatic nitrogens is 4. The fourth-order valence-corrected chi connectivity index (χ4v) is 2.73. The van der Waals surface area contributed by atoms with Crippen molar-refractivity contribution in [1.29, 1.82) is 0 Å². The minimum atomic E-state index is -0.148. The van der Waals surface area contributed by atoms with Crippen molar-refractivity contribution in [2.75, 3.05) is 5.32 Å². The highest BCUT2D eigenvalue weighted by molar-refractivity contribution is 7.16. The summed E-state index contributed by atoms with van der Waals surface area (Å²) in [7, 11) is 0. The number of anilines is 1. The molecule has 0 aliphatic carbocycles. The zero-order valence-electron chi connectivity index (χ0n) is 14.3. The van der Waals surface area contributed by atoms with Crippen LogP contribution in [0.2, 0.25) is 0 Å². The zero-order chi connectivity index (χ0) is 17.9. The molecule has 7 nitrogen and oxygen atoms in total. The van der Waals surface area contributed by atoms with Crippen molar-refractivity contribution in [3.05, 3.63) is 47.6 Å². The van der Waals surface area contributed by atoms with Crippen LogP contribution in [0.25, 0.3) is 12.2 Å². The average molecular weight is 357 g/mol. The molecule has 0 radical (unpaired) electrons. The first kappa shape index (κ1) is 17.1. The molecular weight excluding hydrogens is 338 g/mol. The van der Waals surface area contributed by atoms with Gasteiger partial charge in [-0.1, -0.05) is 32.1 Å². The van der Waals surface area contributed by atoms with Gasteiger partial charge in [-0.2, -0.15) is 0 Å². The van der Waals surface area contributed by atoms with Crippen molar-refractivity contribution >= 4 is 34.5 Å². The maximum atomic E-state index is 11.9. The largest absolute Gasteiger partial charge is 0.441 e. The van der Waals surface area contributed by atoms with Crippen molar-refractivity contribution in [3.63, 3.8) is 0 Å². The Kier molecular flexibility index (Phi) is 4.80. The van der Waals surface area contributed by atoms with E-state index in [1.54, 1.807) is 41.8 Å². The highest BCUT2D eigenvalue weighted by Crippen LogP contribution is 2.24. The molecule has 0 aliphatic rings. The van der Waals surface area contributed by atoms with Crippen LogP contribution in [-0.2, 0) is 16.8 Å². The van der Waals surface area contributed by atoms with E-state index in [-0.39, 0.29) is 17.9 Å². The molecule has 3 aromatic heterocycles. The second kappa shape index (κ2) is 7.02. The minimum absolute atomic E-state index is 0.0731. The molecule has 3 rings (SSSR count). The second-order valence-electron chi connectivity index (χ2n) is 6.50. The van der Waals surface area contributed by atoms with E-state index in [2.05, 4.69) is 41.0 Å². The summed E-state index contributed by atoms with van der Waals surface area (Å²) >= 11 is 1.38. The molecule has 8 heteroatoms. The fraction of sp³-hybridized carbons (Fsp3) is 0.294. The van der Waals surface area contributed by atoms with E-state index in [0.29, 0.717) is 11.0 Å². The Morgan fingerprint density at radius 1 is 1.32 bits per heavy atom.